The van der Waals surface area contributed by atoms with Crippen LogP contribution in [0.2, 0.25) is 5.02 Å². The van der Waals surface area contributed by atoms with E-state index in [2.05, 4.69) is 10.6 Å². The molecule has 0 radical (unpaired) electrons. The number of rotatable bonds is 4. The van der Waals surface area contributed by atoms with Gasteiger partial charge in [0.15, 0.2) is 0 Å². The SMILES string of the molecule is C[C@@H](NC(=O)CC1CCCN1)c1cccc(Cl)c1.Cl. The van der Waals surface area contributed by atoms with Crippen molar-refractivity contribution in [1.29, 1.82) is 0 Å². The van der Waals surface area contributed by atoms with Gasteiger partial charge in [0.05, 0.1) is 6.04 Å². The monoisotopic (exact) mass is 302 g/mol. The molecule has 5 heteroatoms. The van der Waals surface area contributed by atoms with Gasteiger partial charge in [0.1, 0.15) is 0 Å². The molecule has 1 unspecified atom stereocenters. The number of benzene rings is 1. The second-order valence-corrected chi connectivity index (χ2v) is 5.28. The summed E-state index contributed by atoms with van der Waals surface area (Å²) in [6.45, 7) is 3.01. The van der Waals surface area contributed by atoms with Gasteiger partial charge in [-0.15, -0.1) is 12.4 Å². The van der Waals surface area contributed by atoms with Crippen LogP contribution in [0.15, 0.2) is 24.3 Å². The lowest BCUT2D eigenvalue weighted by Gasteiger charge is -2.16. The average molecular weight is 303 g/mol. The Kier molecular flexibility index (Phi) is 6.63. The second-order valence-electron chi connectivity index (χ2n) is 4.84. The molecule has 1 amide bonds. The van der Waals surface area contributed by atoms with Gasteiger partial charge >= 0.3 is 0 Å². The van der Waals surface area contributed by atoms with Crippen molar-refractivity contribution in [2.45, 2.75) is 38.3 Å². The van der Waals surface area contributed by atoms with Gasteiger partial charge in [-0.1, -0.05) is 23.7 Å². The normalized spacial score (nSPS) is 19.6. The molecule has 0 aromatic heterocycles. The molecule has 2 rings (SSSR count). The molecule has 3 nitrogen and oxygen atoms in total. The van der Waals surface area contributed by atoms with Crippen molar-refractivity contribution in [1.82, 2.24) is 10.6 Å². The molecule has 1 heterocycles. The fourth-order valence-electron chi connectivity index (χ4n) is 2.31. The summed E-state index contributed by atoms with van der Waals surface area (Å²) in [6, 6.07) is 7.94. The van der Waals surface area contributed by atoms with Gasteiger partial charge < -0.3 is 10.6 Å². The minimum absolute atomic E-state index is 0. The molecular formula is C14H20Cl2N2O. The zero-order valence-electron chi connectivity index (χ0n) is 11.0. The first-order valence-corrected chi connectivity index (χ1v) is 6.81. The Bertz CT molecular complexity index is 420. The molecule has 1 aliphatic rings. The molecule has 0 saturated carbocycles. The maximum Gasteiger partial charge on any atom is 0.222 e. The fourth-order valence-corrected chi connectivity index (χ4v) is 2.51. The molecule has 0 spiro atoms. The summed E-state index contributed by atoms with van der Waals surface area (Å²) >= 11 is 5.94. The van der Waals surface area contributed by atoms with Gasteiger partial charge in [0.2, 0.25) is 5.91 Å². The van der Waals surface area contributed by atoms with Crippen LogP contribution in [0.5, 0.6) is 0 Å². The van der Waals surface area contributed by atoms with E-state index in [1.807, 2.05) is 31.2 Å². The van der Waals surface area contributed by atoms with Crippen molar-refractivity contribution < 1.29 is 4.79 Å². The van der Waals surface area contributed by atoms with E-state index < -0.39 is 0 Å². The molecule has 106 valence electrons. The topological polar surface area (TPSA) is 41.1 Å². The quantitative estimate of drug-likeness (QED) is 0.897. The van der Waals surface area contributed by atoms with Crippen LogP contribution >= 0.6 is 24.0 Å². The highest BCUT2D eigenvalue weighted by atomic mass is 35.5. The summed E-state index contributed by atoms with van der Waals surface area (Å²) < 4.78 is 0. The van der Waals surface area contributed by atoms with Gasteiger partial charge in [-0.25, -0.2) is 0 Å². The van der Waals surface area contributed by atoms with E-state index in [1.54, 1.807) is 0 Å². The number of carbonyl (C=O) groups excluding carboxylic acids is 1. The number of halogens is 2. The minimum atomic E-state index is -0.00222. The predicted octanol–water partition coefficient (Wildman–Crippen LogP) is 3.08. The molecule has 2 atom stereocenters. The summed E-state index contributed by atoms with van der Waals surface area (Å²) in [5.74, 6) is 0.0990. The van der Waals surface area contributed by atoms with Crippen molar-refractivity contribution in [2.24, 2.45) is 0 Å². The van der Waals surface area contributed by atoms with Gasteiger partial charge in [-0.2, -0.15) is 0 Å². The Morgan fingerprint density at radius 1 is 1.58 bits per heavy atom. The van der Waals surface area contributed by atoms with Crippen molar-refractivity contribution in [3.63, 3.8) is 0 Å². The van der Waals surface area contributed by atoms with Crippen molar-refractivity contribution in [3.05, 3.63) is 34.9 Å². The Balaban J connectivity index is 0.00000180. The Labute approximate surface area is 125 Å². The van der Waals surface area contributed by atoms with E-state index >= 15 is 0 Å². The van der Waals surface area contributed by atoms with Gasteiger partial charge in [-0.05, 0) is 44.0 Å². The molecule has 1 aromatic carbocycles. The van der Waals surface area contributed by atoms with E-state index in [-0.39, 0.29) is 24.4 Å². The van der Waals surface area contributed by atoms with Crippen LogP contribution in [-0.2, 0) is 4.79 Å². The zero-order valence-corrected chi connectivity index (χ0v) is 12.6. The summed E-state index contributed by atoms with van der Waals surface area (Å²) in [6.07, 6.45) is 2.83. The highest BCUT2D eigenvalue weighted by Gasteiger charge is 2.18. The third kappa shape index (κ3) is 5.01. The highest BCUT2D eigenvalue weighted by molar-refractivity contribution is 6.30. The lowest BCUT2D eigenvalue weighted by molar-refractivity contribution is -0.122. The van der Waals surface area contributed by atoms with Crippen LogP contribution in [-0.4, -0.2) is 18.5 Å². The first kappa shape index (κ1) is 16.3. The van der Waals surface area contributed by atoms with E-state index in [0.29, 0.717) is 17.5 Å². The van der Waals surface area contributed by atoms with Crippen molar-refractivity contribution in [2.75, 3.05) is 6.54 Å². The standard InChI is InChI=1S/C14H19ClN2O.ClH/c1-10(11-4-2-5-12(15)8-11)17-14(18)9-13-6-3-7-16-13;/h2,4-5,8,10,13,16H,3,6-7,9H2,1H3,(H,17,18);1H/t10-,13?;/m1./s1. The molecule has 0 aliphatic carbocycles. The van der Waals surface area contributed by atoms with E-state index in [9.17, 15) is 4.79 Å². The van der Waals surface area contributed by atoms with Gasteiger partial charge in [0.25, 0.3) is 0 Å². The molecule has 1 aromatic rings. The smallest absolute Gasteiger partial charge is 0.222 e. The van der Waals surface area contributed by atoms with Crippen LogP contribution in [0.1, 0.15) is 37.8 Å². The first-order chi connectivity index (χ1) is 8.65. The van der Waals surface area contributed by atoms with E-state index in [4.69, 9.17) is 11.6 Å². The zero-order chi connectivity index (χ0) is 13.0. The average Bonchev–Trinajstić information content (AvgIpc) is 2.81. The number of carbonyl (C=O) groups is 1. The van der Waals surface area contributed by atoms with E-state index in [0.717, 1.165) is 18.5 Å². The highest BCUT2D eigenvalue weighted by Crippen LogP contribution is 2.18. The summed E-state index contributed by atoms with van der Waals surface area (Å²) in [5.41, 5.74) is 1.04. The maximum absolute atomic E-state index is 11.9. The largest absolute Gasteiger partial charge is 0.350 e. The lowest BCUT2D eigenvalue weighted by atomic mass is 10.1. The third-order valence-electron chi connectivity index (χ3n) is 3.32. The van der Waals surface area contributed by atoms with Crippen LogP contribution in [0.4, 0.5) is 0 Å². The van der Waals surface area contributed by atoms with Crippen LogP contribution in [0.3, 0.4) is 0 Å². The van der Waals surface area contributed by atoms with Crippen LogP contribution in [0, 0.1) is 0 Å². The molecular weight excluding hydrogens is 283 g/mol. The Hall–Kier alpha value is -0.770. The lowest BCUT2D eigenvalue weighted by Crippen LogP contribution is -2.33. The Morgan fingerprint density at radius 2 is 2.37 bits per heavy atom. The van der Waals surface area contributed by atoms with Crippen LogP contribution < -0.4 is 10.6 Å². The molecule has 1 aliphatic heterocycles. The number of hydrogen-bond donors (Lipinski definition) is 2. The molecule has 19 heavy (non-hydrogen) atoms. The second kappa shape index (κ2) is 7.73. The van der Waals surface area contributed by atoms with Crippen molar-refractivity contribution in [3.8, 4) is 0 Å². The number of hydrogen-bond acceptors (Lipinski definition) is 2. The van der Waals surface area contributed by atoms with E-state index in [1.165, 1.54) is 6.42 Å². The van der Waals surface area contributed by atoms with Gasteiger partial charge in [0, 0.05) is 17.5 Å². The molecule has 2 N–H and O–H groups in total. The number of nitrogens with one attached hydrogen (secondary N) is 2. The maximum atomic E-state index is 11.9. The molecule has 1 saturated heterocycles. The summed E-state index contributed by atoms with van der Waals surface area (Å²) in [4.78, 5) is 11.9. The minimum Gasteiger partial charge on any atom is -0.350 e. The summed E-state index contributed by atoms with van der Waals surface area (Å²) in [5, 5.41) is 7.04. The first-order valence-electron chi connectivity index (χ1n) is 6.43. The predicted molar refractivity (Wildman–Crippen MR) is 80.9 cm³/mol. The molecule has 1 fully saturated rings. The molecule has 0 bridgehead atoms. The van der Waals surface area contributed by atoms with Gasteiger partial charge in [-0.3, -0.25) is 4.79 Å². The third-order valence-corrected chi connectivity index (χ3v) is 3.56. The van der Waals surface area contributed by atoms with Crippen molar-refractivity contribution >= 4 is 29.9 Å². The summed E-state index contributed by atoms with van der Waals surface area (Å²) in [7, 11) is 0. The fraction of sp³-hybridized carbons (Fsp3) is 0.500. The van der Waals surface area contributed by atoms with Crippen LogP contribution in [0.25, 0.3) is 0 Å². The number of amides is 1. The Morgan fingerprint density at radius 3 is 3.00 bits per heavy atom.